The highest BCUT2D eigenvalue weighted by atomic mass is 16.1. The van der Waals surface area contributed by atoms with E-state index in [9.17, 15) is 4.79 Å². The number of amides is 1. The summed E-state index contributed by atoms with van der Waals surface area (Å²) in [6.07, 6.45) is 10.6. The molecular formula is C12H17N3O. The molecule has 1 heterocycles. The molecule has 4 nitrogen and oxygen atoms in total. The summed E-state index contributed by atoms with van der Waals surface area (Å²) in [6.45, 7) is 0. The van der Waals surface area contributed by atoms with Gasteiger partial charge in [-0.2, -0.15) is 5.10 Å². The third kappa shape index (κ3) is 2.10. The van der Waals surface area contributed by atoms with Gasteiger partial charge in [0, 0.05) is 12.6 Å². The average molecular weight is 219 g/mol. The van der Waals surface area contributed by atoms with Crippen LogP contribution in [0.1, 0.15) is 44.6 Å². The molecule has 0 atom stereocenters. The van der Waals surface area contributed by atoms with Gasteiger partial charge in [0.15, 0.2) is 0 Å². The van der Waals surface area contributed by atoms with Crippen LogP contribution in [0.3, 0.4) is 0 Å². The van der Waals surface area contributed by atoms with Crippen LogP contribution in [0.15, 0.2) is 12.4 Å². The summed E-state index contributed by atoms with van der Waals surface area (Å²) in [5, 5.41) is 7.20. The van der Waals surface area contributed by atoms with Crippen molar-refractivity contribution in [3.05, 3.63) is 12.4 Å². The molecule has 86 valence electrons. The van der Waals surface area contributed by atoms with Gasteiger partial charge in [-0.15, -0.1) is 0 Å². The van der Waals surface area contributed by atoms with E-state index in [0.717, 1.165) is 5.69 Å². The molecule has 0 spiro atoms. The van der Waals surface area contributed by atoms with E-state index in [1.165, 1.54) is 32.1 Å². The Labute approximate surface area is 95.0 Å². The van der Waals surface area contributed by atoms with E-state index in [1.807, 2.05) is 10.9 Å². The number of rotatable bonds is 4. The molecule has 2 aliphatic carbocycles. The largest absolute Gasteiger partial charge is 0.323 e. The summed E-state index contributed by atoms with van der Waals surface area (Å²) in [5.41, 5.74) is 0.845. The monoisotopic (exact) mass is 219 g/mol. The van der Waals surface area contributed by atoms with Gasteiger partial charge in [-0.1, -0.05) is 0 Å². The first-order chi connectivity index (χ1) is 7.81. The standard InChI is InChI=1S/C12H17N3O/c16-12(6-9-4-5-9)14-10-7-13-15(8-10)11-2-1-3-11/h7-9,11H,1-6H2,(H,14,16). The highest BCUT2D eigenvalue weighted by molar-refractivity contribution is 5.90. The molecule has 0 bridgehead atoms. The molecule has 2 saturated carbocycles. The van der Waals surface area contributed by atoms with Crippen LogP contribution < -0.4 is 5.32 Å². The molecule has 0 aliphatic heterocycles. The van der Waals surface area contributed by atoms with Crippen LogP contribution in [0.25, 0.3) is 0 Å². The van der Waals surface area contributed by atoms with Crippen molar-refractivity contribution in [3.63, 3.8) is 0 Å². The quantitative estimate of drug-likeness (QED) is 0.845. The van der Waals surface area contributed by atoms with Crippen LogP contribution in [0.5, 0.6) is 0 Å². The van der Waals surface area contributed by atoms with E-state index in [1.54, 1.807) is 6.20 Å². The minimum Gasteiger partial charge on any atom is -0.323 e. The number of hydrogen-bond acceptors (Lipinski definition) is 2. The first-order valence-electron chi connectivity index (χ1n) is 6.15. The van der Waals surface area contributed by atoms with Crippen molar-refractivity contribution in [2.24, 2.45) is 5.92 Å². The Hall–Kier alpha value is -1.32. The zero-order valence-corrected chi connectivity index (χ0v) is 9.35. The highest BCUT2D eigenvalue weighted by Crippen LogP contribution is 2.33. The van der Waals surface area contributed by atoms with Crippen LogP contribution in [-0.4, -0.2) is 15.7 Å². The van der Waals surface area contributed by atoms with E-state index < -0.39 is 0 Å². The predicted octanol–water partition coefficient (Wildman–Crippen LogP) is 2.35. The van der Waals surface area contributed by atoms with Gasteiger partial charge in [0.1, 0.15) is 0 Å². The number of hydrogen-bond donors (Lipinski definition) is 1. The van der Waals surface area contributed by atoms with Gasteiger partial charge >= 0.3 is 0 Å². The van der Waals surface area contributed by atoms with Crippen molar-refractivity contribution in [1.82, 2.24) is 9.78 Å². The van der Waals surface area contributed by atoms with Gasteiger partial charge in [0.05, 0.1) is 17.9 Å². The van der Waals surface area contributed by atoms with Gasteiger partial charge in [-0.3, -0.25) is 9.48 Å². The van der Waals surface area contributed by atoms with Crippen LogP contribution >= 0.6 is 0 Å². The highest BCUT2D eigenvalue weighted by Gasteiger charge is 2.25. The van der Waals surface area contributed by atoms with Gasteiger partial charge in [-0.05, 0) is 38.0 Å². The Morgan fingerprint density at radius 2 is 2.25 bits per heavy atom. The maximum Gasteiger partial charge on any atom is 0.224 e. The van der Waals surface area contributed by atoms with Crippen LogP contribution in [-0.2, 0) is 4.79 Å². The molecule has 2 aliphatic rings. The van der Waals surface area contributed by atoms with Gasteiger partial charge in [0.2, 0.25) is 5.91 Å². The van der Waals surface area contributed by atoms with E-state index >= 15 is 0 Å². The van der Waals surface area contributed by atoms with Gasteiger partial charge in [-0.25, -0.2) is 0 Å². The first kappa shape index (κ1) is 9.87. The predicted molar refractivity (Wildman–Crippen MR) is 61.1 cm³/mol. The van der Waals surface area contributed by atoms with Crippen molar-refractivity contribution in [2.75, 3.05) is 5.32 Å². The number of nitrogens with one attached hydrogen (secondary N) is 1. The third-order valence-electron chi connectivity index (χ3n) is 3.51. The summed E-state index contributed by atoms with van der Waals surface area (Å²) in [4.78, 5) is 11.6. The fraction of sp³-hybridized carbons (Fsp3) is 0.667. The molecule has 0 radical (unpaired) electrons. The zero-order chi connectivity index (χ0) is 11.0. The molecule has 1 aromatic heterocycles. The Bertz CT molecular complexity index is 391. The Morgan fingerprint density at radius 1 is 1.44 bits per heavy atom. The average Bonchev–Trinajstić information content (AvgIpc) is 2.84. The van der Waals surface area contributed by atoms with Crippen molar-refractivity contribution in [3.8, 4) is 0 Å². The molecule has 1 N–H and O–H groups in total. The fourth-order valence-electron chi connectivity index (χ4n) is 2.05. The van der Waals surface area contributed by atoms with Gasteiger partial charge < -0.3 is 5.32 Å². The topological polar surface area (TPSA) is 46.9 Å². The lowest BCUT2D eigenvalue weighted by atomic mass is 9.93. The summed E-state index contributed by atoms with van der Waals surface area (Å²) < 4.78 is 1.98. The van der Waals surface area contributed by atoms with Crippen LogP contribution in [0.2, 0.25) is 0 Å². The maximum absolute atomic E-state index is 11.6. The minimum atomic E-state index is 0.135. The van der Waals surface area contributed by atoms with Crippen LogP contribution in [0, 0.1) is 5.92 Å². The fourth-order valence-corrected chi connectivity index (χ4v) is 2.05. The smallest absolute Gasteiger partial charge is 0.224 e. The molecule has 4 heteroatoms. The van der Waals surface area contributed by atoms with E-state index in [2.05, 4.69) is 10.4 Å². The summed E-state index contributed by atoms with van der Waals surface area (Å²) >= 11 is 0. The third-order valence-corrected chi connectivity index (χ3v) is 3.51. The summed E-state index contributed by atoms with van der Waals surface area (Å²) in [5.74, 6) is 0.775. The lowest BCUT2D eigenvalue weighted by molar-refractivity contribution is -0.116. The van der Waals surface area contributed by atoms with Crippen LogP contribution in [0.4, 0.5) is 5.69 Å². The Morgan fingerprint density at radius 3 is 2.88 bits per heavy atom. The second-order valence-electron chi connectivity index (χ2n) is 4.99. The van der Waals surface area contributed by atoms with Crippen molar-refractivity contribution >= 4 is 11.6 Å². The number of carbonyl (C=O) groups excluding carboxylic acids is 1. The second-order valence-corrected chi connectivity index (χ2v) is 4.99. The Balaban J connectivity index is 1.56. The molecule has 3 rings (SSSR count). The van der Waals surface area contributed by atoms with Crippen molar-refractivity contribution in [1.29, 1.82) is 0 Å². The minimum absolute atomic E-state index is 0.135. The molecule has 16 heavy (non-hydrogen) atoms. The molecule has 0 aromatic carbocycles. The SMILES string of the molecule is O=C(CC1CC1)Nc1cnn(C2CCC2)c1. The maximum atomic E-state index is 11.6. The molecule has 0 unspecified atom stereocenters. The normalized spacial score (nSPS) is 20.5. The van der Waals surface area contributed by atoms with E-state index in [-0.39, 0.29) is 5.91 Å². The molecule has 1 amide bonds. The molecule has 2 fully saturated rings. The van der Waals surface area contributed by atoms with Crippen molar-refractivity contribution < 1.29 is 4.79 Å². The Kier molecular flexibility index (Phi) is 2.42. The van der Waals surface area contributed by atoms with E-state index in [0.29, 0.717) is 18.4 Å². The molecule has 0 saturated heterocycles. The molecule has 1 aromatic rings. The lowest BCUT2D eigenvalue weighted by Crippen LogP contribution is -2.17. The number of aromatic nitrogens is 2. The summed E-state index contributed by atoms with van der Waals surface area (Å²) in [7, 11) is 0. The second kappa shape index (κ2) is 3.92. The number of nitrogens with zero attached hydrogens (tertiary/aromatic N) is 2. The first-order valence-corrected chi connectivity index (χ1v) is 6.15. The molecular weight excluding hydrogens is 202 g/mol. The van der Waals surface area contributed by atoms with Gasteiger partial charge in [0.25, 0.3) is 0 Å². The summed E-state index contributed by atoms with van der Waals surface area (Å²) in [6, 6.07) is 0.564. The lowest BCUT2D eigenvalue weighted by Gasteiger charge is -2.25. The van der Waals surface area contributed by atoms with Crippen molar-refractivity contribution in [2.45, 2.75) is 44.6 Å². The number of anilines is 1. The zero-order valence-electron chi connectivity index (χ0n) is 9.35. The van der Waals surface area contributed by atoms with E-state index in [4.69, 9.17) is 0 Å². The number of carbonyl (C=O) groups is 1.